The molecule has 0 aromatic rings. The summed E-state index contributed by atoms with van der Waals surface area (Å²) in [6.45, 7) is 4.37. The maximum Gasteiger partial charge on any atom is 0.353 e. The molecule has 8 heteroatoms. The number of thioether (sulfide) groups is 1. The van der Waals surface area contributed by atoms with Gasteiger partial charge in [0.15, 0.2) is 0 Å². The number of carboxylic acid groups (broad SMARTS) is 1. The zero-order valence-electron chi connectivity index (χ0n) is 14.0. The van der Waals surface area contributed by atoms with Crippen LogP contribution in [-0.2, 0) is 9.59 Å². The summed E-state index contributed by atoms with van der Waals surface area (Å²) in [5.41, 5.74) is 0.0782. The van der Waals surface area contributed by atoms with Crippen molar-refractivity contribution >= 4 is 23.6 Å². The van der Waals surface area contributed by atoms with Gasteiger partial charge in [0.05, 0.1) is 24.7 Å². The SMILES string of the molecule is CC(O)[C@H]1C(=O)N2C(C(=O)O)=C(SC3CC(CO)N(C)C3)[C@@H](C)[C@H]12. The predicted molar refractivity (Wildman–Crippen MR) is 89.1 cm³/mol. The molecule has 3 N–H and O–H groups in total. The van der Waals surface area contributed by atoms with Gasteiger partial charge in [0.1, 0.15) is 5.70 Å². The fourth-order valence-electron chi connectivity index (χ4n) is 4.19. The summed E-state index contributed by atoms with van der Waals surface area (Å²) in [5.74, 6) is -2.01. The quantitative estimate of drug-likeness (QED) is 0.593. The Labute approximate surface area is 145 Å². The average Bonchev–Trinajstić information content (AvgIpc) is 2.96. The first-order chi connectivity index (χ1) is 11.3. The molecule has 134 valence electrons. The summed E-state index contributed by atoms with van der Waals surface area (Å²) < 4.78 is 0. The lowest BCUT2D eigenvalue weighted by molar-refractivity contribution is -0.163. The summed E-state index contributed by atoms with van der Waals surface area (Å²) in [4.78, 5) is 28.2. The number of carboxylic acids is 1. The molecule has 3 rings (SSSR count). The van der Waals surface area contributed by atoms with Crippen molar-refractivity contribution in [3.05, 3.63) is 10.6 Å². The van der Waals surface area contributed by atoms with E-state index in [4.69, 9.17) is 0 Å². The monoisotopic (exact) mass is 356 g/mol. The van der Waals surface area contributed by atoms with E-state index in [0.717, 1.165) is 17.9 Å². The number of aliphatic hydroxyl groups is 2. The van der Waals surface area contributed by atoms with Crippen LogP contribution in [0, 0.1) is 11.8 Å². The van der Waals surface area contributed by atoms with E-state index < -0.39 is 18.0 Å². The third-order valence-electron chi connectivity index (χ3n) is 5.47. The van der Waals surface area contributed by atoms with Crippen molar-refractivity contribution in [2.45, 2.75) is 43.7 Å². The summed E-state index contributed by atoms with van der Waals surface area (Å²) >= 11 is 1.52. The van der Waals surface area contributed by atoms with Crippen molar-refractivity contribution in [3.8, 4) is 0 Å². The normalized spacial score (nSPS) is 37.6. The minimum Gasteiger partial charge on any atom is -0.477 e. The zero-order chi connectivity index (χ0) is 17.8. The number of carbonyl (C=O) groups is 2. The summed E-state index contributed by atoms with van der Waals surface area (Å²) in [7, 11) is 1.95. The number of β-lactam (4-membered cyclic amide) rings is 1. The van der Waals surface area contributed by atoms with E-state index in [-0.39, 0.29) is 41.5 Å². The maximum atomic E-state index is 12.3. The van der Waals surface area contributed by atoms with Crippen LogP contribution >= 0.6 is 11.8 Å². The van der Waals surface area contributed by atoms with Crippen molar-refractivity contribution in [2.75, 3.05) is 20.2 Å². The van der Waals surface area contributed by atoms with Crippen molar-refractivity contribution in [3.63, 3.8) is 0 Å². The molecule has 3 aliphatic heterocycles. The lowest BCUT2D eigenvalue weighted by Crippen LogP contribution is -2.63. The Kier molecular flexibility index (Phi) is 4.67. The first kappa shape index (κ1) is 17.7. The number of likely N-dealkylation sites (tertiary alicyclic amines) is 1. The van der Waals surface area contributed by atoms with Crippen LogP contribution in [-0.4, -0.2) is 80.6 Å². The number of hydrogen-bond acceptors (Lipinski definition) is 6. The molecule has 0 bridgehead atoms. The van der Waals surface area contributed by atoms with Crippen molar-refractivity contribution in [1.82, 2.24) is 9.80 Å². The van der Waals surface area contributed by atoms with E-state index in [1.807, 2.05) is 14.0 Å². The van der Waals surface area contributed by atoms with E-state index in [2.05, 4.69) is 4.90 Å². The zero-order valence-corrected chi connectivity index (χ0v) is 14.9. The van der Waals surface area contributed by atoms with Crippen molar-refractivity contribution in [1.29, 1.82) is 0 Å². The van der Waals surface area contributed by atoms with E-state index in [1.165, 1.54) is 16.7 Å². The number of nitrogens with zero attached hydrogens (tertiary/aromatic N) is 2. The van der Waals surface area contributed by atoms with E-state index in [0.29, 0.717) is 0 Å². The molecule has 6 atom stereocenters. The highest BCUT2D eigenvalue weighted by atomic mass is 32.2. The third kappa shape index (κ3) is 2.56. The fraction of sp³-hybridized carbons (Fsp3) is 0.750. The number of rotatable bonds is 5. The minimum absolute atomic E-state index is 0.0782. The van der Waals surface area contributed by atoms with E-state index >= 15 is 0 Å². The smallest absolute Gasteiger partial charge is 0.353 e. The molecular weight excluding hydrogens is 332 g/mol. The minimum atomic E-state index is -1.09. The van der Waals surface area contributed by atoms with Crippen LogP contribution in [0.5, 0.6) is 0 Å². The molecular formula is C16H24N2O5S. The standard InChI is InChI=1S/C16H24N2O5S/c1-7-12-11(8(2)20)15(21)18(12)13(16(22)23)14(7)24-10-4-9(6-19)17(3)5-10/h7-12,19-20H,4-6H2,1-3H3,(H,22,23)/t7-,8?,9?,10?,11+,12+/m0/s1. The molecule has 0 saturated carbocycles. The number of aliphatic hydroxyl groups excluding tert-OH is 2. The van der Waals surface area contributed by atoms with E-state index in [1.54, 1.807) is 6.92 Å². The van der Waals surface area contributed by atoms with Crippen LogP contribution < -0.4 is 0 Å². The molecule has 0 aromatic heterocycles. The average molecular weight is 356 g/mol. The number of likely N-dealkylation sites (N-methyl/N-ethyl adjacent to an activating group) is 1. The number of carbonyl (C=O) groups excluding carboxylic acids is 1. The van der Waals surface area contributed by atoms with Gasteiger partial charge in [0, 0.05) is 28.7 Å². The van der Waals surface area contributed by atoms with Gasteiger partial charge in [0.25, 0.3) is 0 Å². The first-order valence-electron chi connectivity index (χ1n) is 8.24. The molecule has 0 aliphatic carbocycles. The van der Waals surface area contributed by atoms with Crippen LogP contribution in [0.15, 0.2) is 10.6 Å². The largest absolute Gasteiger partial charge is 0.477 e. The van der Waals surface area contributed by atoms with Gasteiger partial charge in [-0.3, -0.25) is 9.69 Å². The molecule has 0 aromatic carbocycles. The topological polar surface area (TPSA) is 101 Å². The molecule has 24 heavy (non-hydrogen) atoms. The van der Waals surface area contributed by atoms with Gasteiger partial charge in [-0.15, -0.1) is 11.8 Å². The molecule has 0 spiro atoms. The second kappa shape index (κ2) is 6.33. The lowest BCUT2D eigenvalue weighted by atomic mass is 9.79. The molecule has 3 aliphatic rings. The van der Waals surface area contributed by atoms with Crippen molar-refractivity contribution < 1.29 is 24.9 Å². The molecule has 3 unspecified atom stereocenters. The van der Waals surface area contributed by atoms with Crippen molar-refractivity contribution in [2.24, 2.45) is 11.8 Å². The van der Waals surface area contributed by atoms with Crippen LogP contribution in [0.4, 0.5) is 0 Å². The fourth-order valence-corrected chi connectivity index (χ4v) is 5.82. The van der Waals surface area contributed by atoms with Gasteiger partial charge < -0.3 is 20.2 Å². The van der Waals surface area contributed by atoms with Crippen LogP contribution in [0.2, 0.25) is 0 Å². The Morgan fingerprint density at radius 3 is 2.62 bits per heavy atom. The van der Waals surface area contributed by atoms with Gasteiger partial charge in [-0.05, 0) is 20.4 Å². The lowest BCUT2D eigenvalue weighted by Gasteiger charge is -2.46. The molecule has 1 amide bonds. The second-order valence-electron chi connectivity index (χ2n) is 7.02. The highest BCUT2D eigenvalue weighted by Crippen LogP contribution is 2.52. The Balaban J connectivity index is 1.84. The Morgan fingerprint density at radius 2 is 2.12 bits per heavy atom. The molecule has 2 fully saturated rings. The van der Waals surface area contributed by atoms with Crippen LogP contribution in [0.1, 0.15) is 20.3 Å². The first-order valence-corrected chi connectivity index (χ1v) is 9.12. The molecule has 2 saturated heterocycles. The van der Waals surface area contributed by atoms with Crippen LogP contribution in [0.25, 0.3) is 0 Å². The predicted octanol–water partition coefficient (Wildman–Crippen LogP) is -0.0617. The van der Waals surface area contributed by atoms with Gasteiger partial charge >= 0.3 is 5.97 Å². The van der Waals surface area contributed by atoms with Gasteiger partial charge in [-0.2, -0.15) is 0 Å². The Morgan fingerprint density at radius 1 is 1.46 bits per heavy atom. The third-order valence-corrected chi connectivity index (χ3v) is 6.96. The number of fused-ring (bicyclic) bond motifs is 1. The second-order valence-corrected chi connectivity index (χ2v) is 8.37. The van der Waals surface area contributed by atoms with Crippen LogP contribution in [0.3, 0.4) is 0 Å². The molecule has 7 nitrogen and oxygen atoms in total. The summed E-state index contributed by atoms with van der Waals surface area (Å²) in [6, 6.07) is -0.171. The Bertz CT molecular complexity index is 593. The number of amides is 1. The highest BCUT2D eigenvalue weighted by Gasteiger charge is 2.60. The van der Waals surface area contributed by atoms with E-state index in [9.17, 15) is 24.9 Å². The Hall–Kier alpha value is -1.09. The maximum absolute atomic E-state index is 12.3. The highest BCUT2D eigenvalue weighted by molar-refractivity contribution is 8.03. The molecule has 3 heterocycles. The summed E-state index contributed by atoms with van der Waals surface area (Å²) in [5, 5.41) is 29.0. The van der Waals surface area contributed by atoms with Gasteiger partial charge in [-0.25, -0.2) is 4.79 Å². The van der Waals surface area contributed by atoms with Gasteiger partial charge in [0.2, 0.25) is 5.91 Å². The van der Waals surface area contributed by atoms with Gasteiger partial charge in [-0.1, -0.05) is 6.92 Å². The number of hydrogen-bond donors (Lipinski definition) is 3. The molecule has 0 radical (unpaired) electrons. The number of aliphatic carboxylic acids is 1. The summed E-state index contributed by atoms with van der Waals surface area (Å²) in [6.07, 6.45) is 0.0103.